The second-order valence-electron chi connectivity index (χ2n) is 15.7. The highest BCUT2D eigenvalue weighted by atomic mass is 16.4. The number of nitrogens with one attached hydrogen (secondary N) is 6. The molecule has 0 spiro atoms. The van der Waals surface area contributed by atoms with Crippen LogP contribution >= 0.6 is 0 Å². The minimum atomic E-state index is -2.02. The highest BCUT2D eigenvalue weighted by Gasteiger charge is 2.38. The fourth-order valence-corrected chi connectivity index (χ4v) is 6.68. The molecule has 6 amide bonds. The van der Waals surface area contributed by atoms with Crippen LogP contribution in [0.15, 0.2) is 97.1 Å². The van der Waals surface area contributed by atoms with Crippen LogP contribution in [0.3, 0.4) is 0 Å². The molecule has 0 aliphatic carbocycles. The zero-order chi connectivity index (χ0) is 48.8. The lowest BCUT2D eigenvalue weighted by Gasteiger charge is -2.29. The van der Waals surface area contributed by atoms with E-state index in [-0.39, 0.29) is 51.2 Å². The molecule has 0 radical (unpaired) electrons. The third-order valence-electron chi connectivity index (χ3n) is 10.2. The van der Waals surface area contributed by atoms with E-state index in [4.69, 9.17) is 5.73 Å². The quantitative estimate of drug-likeness (QED) is 0.0495. The summed E-state index contributed by atoms with van der Waals surface area (Å²) in [6.45, 7) is 3.71. The van der Waals surface area contributed by atoms with Gasteiger partial charge in [-0.25, -0.2) is 4.79 Å². The molecule has 21 heteroatoms. The van der Waals surface area contributed by atoms with Gasteiger partial charge in [-0.15, -0.1) is 0 Å². The topological polar surface area (TPSA) is 359 Å². The molecule has 8 unspecified atom stereocenters. The predicted octanol–water partition coefficient (Wildman–Crippen LogP) is 0.0395. The summed E-state index contributed by atoms with van der Waals surface area (Å²) in [5.74, 6) is -9.11. The van der Waals surface area contributed by atoms with Gasteiger partial charge in [-0.05, 0) is 90.2 Å². The van der Waals surface area contributed by atoms with Crippen molar-refractivity contribution >= 4 is 41.4 Å². The Bertz CT molecular complexity index is 2330. The summed E-state index contributed by atoms with van der Waals surface area (Å²) in [5.41, 5.74) is 5.50. The van der Waals surface area contributed by atoms with Gasteiger partial charge in [-0.1, -0.05) is 62.4 Å². The van der Waals surface area contributed by atoms with Crippen molar-refractivity contribution < 1.29 is 69.3 Å². The number of carbonyl (C=O) groups excluding carboxylic acids is 6. The van der Waals surface area contributed by atoms with Gasteiger partial charge in [-0.3, -0.25) is 28.8 Å². The first-order valence-corrected chi connectivity index (χ1v) is 20.4. The van der Waals surface area contributed by atoms with Crippen molar-refractivity contribution in [2.45, 2.75) is 75.1 Å². The molecule has 66 heavy (non-hydrogen) atoms. The number of likely N-dealkylation sites (N-methyl/N-ethyl adjacent to an activating group) is 1. The minimum Gasteiger partial charge on any atom is -0.508 e. The van der Waals surface area contributed by atoms with Crippen LogP contribution < -0.4 is 37.6 Å². The van der Waals surface area contributed by atoms with Crippen molar-refractivity contribution in [3.8, 4) is 23.0 Å². The molecule has 0 saturated carbocycles. The molecule has 0 aliphatic heterocycles. The maximum Gasteiger partial charge on any atom is 0.329 e. The predicted molar refractivity (Wildman–Crippen MR) is 234 cm³/mol. The van der Waals surface area contributed by atoms with E-state index in [0.717, 1.165) is 24.3 Å². The Kier molecular flexibility index (Phi) is 17.9. The number of rotatable bonds is 22. The summed E-state index contributed by atoms with van der Waals surface area (Å²) in [6.07, 6.45) is -4.23. The number of aliphatic hydroxyl groups excluding tert-OH is 2. The van der Waals surface area contributed by atoms with Gasteiger partial charge in [0.1, 0.15) is 59.4 Å². The average Bonchev–Trinajstić information content (AvgIpc) is 3.27. The molecule has 0 saturated heterocycles. The Hall–Kier alpha value is -7.75. The SMILES string of the molecule is CNC(CC(C)C)C(=O)NC(C(=O)NC(CC(N)=O)C(=O)NC(C(=O)NC(C(=O)NC(C(=O)O)C(O)c1ccc(O)cc1)c1ccc(O)cc1)c1ccc(O)cc1)C(O)c1ccc(O)cc1. The van der Waals surface area contributed by atoms with Gasteiger partial charge in [0.05, 0.1) is 12.5 Å². The maximum atomic E-state index is 14.4. The summed E-state index contributed by atoms with van der Waals surface area (Å²) in [6, 6.07) is 9.18. The number of aliphatic hydroxyl groups is 2. The van der Waals surface area contributed by atoms with Crippen LogP contribution in [0.2, 0.25) is 0 Å². The van der Waals surface area contributed by atoms with E-state index in [1.165, 1.54) is 79.8 Å². The van der Waals surface area contributed by atoms with Gasteiger partial charge < -0.3 is 73.4 Å². The molecular formula is C45H53N7O14. The second-order valence-corrected chi connectivity index (χ2v) is 15.7. The number of nitrogens with two attached hydrogens (primary N) is 1. The largest absolute Gasteiger partial charge is 0.508 e. The van der Waals surface area contributed by atoms with Gasteiger partial charge in [0.2, 0.25) is 35.4 Å². The number of aromatic hydroxyl groups is 4. The van der Waals surface area contributed by atoms with E-state index in [0.29, 0.717) is 6.42 Å². The highest BCUT2D eigenvalue weighted by Crippen LogP contribution is 2.25. The molecule has 0 bridgehead atoms. The number of amides is 6. The van der Waals surface area contributed by atoms with Crippen molar-refractivity contribution in [1.29, 1.82) is 0 Å². The van der Waals surface area contributed by atoms with Crippen molar-refractivity contribution in [2.24, 2.45) is 11.7 Å². The molecule has 4 rings (SSSR count). The highest BCUT2D eigenvalue weighted by molar-refractivity contribution is 5.98. The van der Waals surface area contributed by atoms with Gasteiger partial charge in [0, 0.05) is 0 Å². The molecule has 21 nitrogen and oxygen atoms in total. The fourth-order valence-electron chi connectivity index (χ4n) is 6.68. The Morgan fingerprint density at radius 2 is 0.833 bits per heavy atom. The number of hydrogen-bond donors (Lipinski definition) is 14. The Labute approximate surface area is 378 Å². The van der Waals surface area contributed by atoms with E-state index in [1.54, 1.807) is 0 Å². The lowest BCUT2D eigenvalue weighted by molar-refractivity contribution is -0.146. The van der Waals surface area contributed by atoms with Gasteiger partial charge in [0.25, 0.3) is 0 Å². The molecule has 8 atom stereocenters. The molecule has 0 fully saturated rings. The molecule has 4 aromatic carbocycles. The number of carbonyl (C=O) groups is 7. The van der Waals surface area contributed by atoms with Crippen LogP contribution in [0.5, 0.6) is 23.0 Å². The number of hydrogen-bond acceptors (Lipinski definition) is 14. The first kappa shape index (κ1) is 50.9. The number of phenols is 4. The number of carboxylic acids is 1. The summed E-state index contributed by atoms with van der Waals surface area (Å²) >= 11 is 0. The van der Waals surface area contributed by atoms with Crippen molar-refractivity contribution in [3.05, 3.63) is 119 Å². The molecule has 0 aliphatic rings. The first-order chi connectivity index (χ1) is 31.2. The van der Waals surface area contributed by atoms with E-state index < -0.39 is 96.3 Å². The molecule has 0 aromatic heterocycles. The molecule has 4 aromatic rings. The van der Waals surface area contributed by atoms with Crippen LogP contribution in [0, 0.1) is 5.92 Å². The van der Waals surface area contributed by atoms with Gasteiger partial charge in [-0.2, -0.15) is 0 Å². The summed E-state index contributed by atoms with van der Waals surface area (Å²) < 4.78 is 0. The van der Waals surface area contributed by atoms with Crippen LogP contribution in [0.1, 0.15) is 73.2 Å². The normalized spacial score (nSPS) is 14.8. The van der Waals surface area contributed by atoms with E-state index in [1.807, 2.05) is 13.8 Å². The third kappa shape index (κ3) is 14.1. The average molecular weight is 916 g/mol. The van der Waals surface area contributed by atoms with Crippen LogP contribution in [0.4, 0.5) is 0 Å². The number of phenolic OH excluding ortho intramolecular Hbond substituents is 4. The zero-order valence-electron chi connectivity index (χ0n) is 35.9. The number of primary amides is 1. The third-order valence-corrected chi connectivity index (χ3v) is 10.2. The van der Waals surface area contributed by atoms with E-state index in [2.05, 4.69) is 31.9 Å². The van der Waals surface area contributed by atoms with Crippen LogP contribution in [-0.4, -0.2) is 108 Å². The Balaban J connectivity index is 1.69. The van der Waals surface area contributed by atoms with Crippen LogP contribution in [0.25, 0.3) is 0 Å². The van der Waals surface area contributed by atoms with Gasteiger partial charge >= 0.3 is 5.97 Å². The monoisotopic (exact) mass is 915 g/mol. The first-order valence-electron chi connectivity index (χ1n) is 20.4. The molecule has 15 N–H and O–H groups in total. The summed E-state index contributed by atoms with van der Waals surface area (Å²) in [4.78, 5) is 94.8. The second kappa shape index (κ2) is 23.3. The fraction of sp³-hybridized carbons (Fsp3) is 0.311. The summed E-state index contributed by atoms with van der Waals surface area (Å²) in [5, 5.41) is 86.6. The van der Waals surface area contributed by atoms with E-state index >= 15 is 0 Å². The maximum absolute atomic E-state index is 14.4. The number of carboxylic acid groups (broad SMARTS) is 1. The molecule has 352 valence electrons. The Morgan fingerprint density at radius 3 is 1.21 bits per heavy atom. The minimum absolute atomic E-state index is 0.00437. The summed E-state index contributed by atoms with van der Waals surface area (Å²) in [7, 11) is 1.52. The standard InChI is InChI=1S/C45H53N7O14/c1-22(2)20-31(47-3)40(60)51-36(38(58)25-8-16-29(55)17-9-25)44(64)48-32(21-33(46)57)41(61)49-34(23-4-12-27(53)13-5-23)42(62)50-35(24-6-14-28(54)15-7-24)43(63)52-37(45(65)66)39(59)26-10-18-30(56)19-11-26/h4-19,22,31-32,34-39,47,53-56,58-59H,20-21H2,1-3H3,(H2,46,57)(H,48,64)(H,49,61)(H,50,62)(H,51,60)(H,52,63)(H,65,66). The number of benzene rings is 4. The number of aliphatic carboxylic acids is 1. The smallest absolute Gasteiger partial charge is 0.329 e. The Morgan fingerprint density at radius 1 is 0.485 bits per heavy atom. The molecular weight excluding hydrogens is 863 g/mol. The lowest BCUT2D eigenvalue weighted by Crippen LogP contribution is -2.59. The van der Waals surface area contributed by atoms with Crippen molar-refractivity contribution in [2.75, 3.05) is 7.05 Å². The van der Waals surface area contributed by atoms with Crippen molar-refractivity contribution in [1.82, 2.24) is 31.9 Å². The van der Waals surface area contributed by atoms with Gasteiger partial charge in [0.15, 0.2) is 6.04 Å². The van der Waals surface area contributed by atoms with Crippen molar-refractivity contribution in [3.63, 3.8) is 0 Å². The molecule has 0 heterocycles. The zero-order valence-corrected chi connectivity index (χ0v) is 35.9. The van der Waals surface area contributed by atoms with E-state index in [9.17, 15) is 69.3 Å². The lowest BCUT2D eigenvalue weighted by atomic mass is 9.98. The van der Waals surface area contributed by atoms with Crippen LogP contribution in [-0.2, 0) is 33.6 Å².